The molecule has 12 rings (SSSR count). The lowest BCUT2D eigenvalue weighted by Crippen LogP contribution is -2.14. The van der Waals surface area contributed by atoms with Gasteiger partial charge in [0, 0.05) is 38.3 Å². The van der Waals surface area contributed by atoms with Gasteiger partial charge in [-0.3, -0.25) is 0 Å². The fraction of sp³-hybridized carbons (Fsp3) is 0.206. The zero-order valence-electron chi connectivity index (χ0n) is 41.1. The van der Waals surface area contributed by atoms with Crippen molar-refractivity contribution in [3.8, 4) is 62.7 Å². The van der Waals surface area contributed by atoms with Crippen molar-refractivity contribution in [3.63, 3.8) is 0 Å². The van der Waals surface area contributed by atoms with Gasteiger partial charge in [0.05, 0.1) is 39.2 Å². The predicted octanol–water partition coefficient (Wildman–Crippen LogP) is 15.5. The molecule has 2 aliphatic carbocycles. The van der Waals surface area contributed by atoms with Crippen molar-refractivity contribution in [1.82, 2.24) is 24.1 Å². The van der Waals surface area contributed by atoms with Gasteiger partial charge in [-0.05, 0) is 141 Å². The van der Waals surface area contributed by atoms with Gasteiger partial charge >= 0.3 is 0 Å². The third-order valence-corrected chi connectivity index (χ3v) is 15.0. The smallest absolute Gasteiger partial charge is 0.166 e. The molecule has 0 saturated carbocycles. The van der Waals surface area contributed by atoms with Crippen LogP contribution >= 0.6 is 0 Å². The molecule has 3 heterocycles. The quantitative estimate of drug-likeness (QED) is 0.173. The molecule has 1 atom stereocenters. The van der Waals surface area contributed by atoms with Crippen LogP contribution in [0.4, 0.5) is 0 Å². The van der Waals surface area contributed by atoms with Gasteiger partial charge in [-0.15, -0.1) is 0 Å². The Labute approximate surface area is 404 Å². The van der Waals surface area contributed by atoms with E-state index in [9.17, 15) is 5.26 Å². The third kappa shape index (κ3) is 6.33. The average molecular weight is 895 g/mol. The number of aromatic nitrogens is 5. The standard InChI is InChI=1S/C63H54N6/c1-34-23-38(5)56-46(27-34)47-28-35(2)24-39(6)57(47)68(56)53-32-54(69-58-40(7)25-36(3)29-48(58)49-30-37(4)26-41(8)59(49)69)50(31-43(53)33-64)62-66-60(42-17-12-11-13-18-42)65-61(67-62)45-20-16-22-52-55(45)44-19-14-15-21-51(44)63(52,9)10/h11-27,29-32,35H,28H2,1-10H3. The average Bonchev–Trinajstić information content (AvgIpc) is 3.92. The van der Waals surface area contributed by atoms with E-state index in [-0.39, 0.29) is 5.41 Å². The molecule has 6 nitrogen and oxygen atoms in total. The molecule has 6 heteroatoms. The highest BCUT2D eigenvalue weighted by Gasteiger charge is 2.37. The van der Waals surface area contributed by atoms with Crippen molar-refractivity contribution in [2.45, 2.75) is 81.1 Å². The Morgan fingerprint density at radius 2 is 1.10 bits per heavy atom. The number of aryl methyl sites for hydroxylation is 6. The van der Waals surface area contributed by atoms with Crippen molar-refractivity contribution in [2.75, 3.05) is 0 Å². The molecule has 10 aromatic rings. The Morgan fingerprint density at radius 1 is 0.551 bits per heavy atom. The predicted molar refractivity (Wildman–Crippen MR) is 285 cm³/mol. The summed E-state index contributed by atoms with van der Waals surface area (Å²) in [6, 6.07) is 46.3. The van der Waals surface area contributed by atoms with Crippen molar-refractivity contribution in [2.24, 2.45) is 5.92 Å². The number of hydrogen-bond donors (Lipinski definition) is 0. The molecule has 0 saturated heterocycles. The van der Waals surface area contributed by atoms with Gasteiger partial charge < -0.3 is 9.13 Å². The van der Waals surface area contributed by atoms with Gasteiger partial charge in [0.2, 0.25) is 0 Å². The zero-order chi connectivity index (χ0) is 47.8. The molecule has 3 aromatic heterocycles. The first-order valence-electron chi connectivity index (χ1n) is 24.2. The second-order valence-corrected chi connectivity index (χ2v) is 20.5. The van der Waals surface area contributed by atoms with Crippen LogP contribution in [0.3, 0.4) is 0 Å². The van der Waals surface area contributed by atoms with E-state index in [0.29, 0.717) is 29.0 Å². The van der Waals surface area contributed by atoms with E-state index in [0.717, 1.165) is 56.6 Å². The summed E-state index contributed by atoms with van der Waals surface area (Å²) >= 11 is 0. The molecular weight excluding hydrogens is 841 g/mol. The Bertz CT molecular complexity index is 3880. The number of allylic oxidation sites excluding steroid dienone is 2. The first-order valence-corrected chi connectivity index (χ1v) is 24.2. The van der Waals surface area contributed by atoms with Crippen LogP contribution in [0.2, 0.25) is 0 Å². The van der Waals surface area contributed by atoms with E-state index in [2.05, 4.69) is 194 Å². The topological polar surface area (TPSA) is 72.3 Å². The molecular formula is C63H54N6. The number of nitrogens with zero attached hydrogens (tertiary/aromatic N) is 6. The summed E-state index contributed by atoms with van der Waals surface area (Å²) in [5.41, 5.74) is 23.8. The number of fused-ring (bicyclic) bond motifs is 9. The van der Waals surface area contributed by atoms with Crippen LogP contribution in [0, 0.1) is 58.8 Å². The summed E-state index contributed by atoms with van der Waals surface area (Å²) in [6.45, 7) is 22.3. The highest BCUT2D eigenvalue weighted by molar-refractivity contribution is 6.12. The normalized spacial score (nSPS) is 14.8. The van der Waals surface area contributed by atoms with E-state index in [4.69, 9.17) is 15.0 Å². The van der Waals surface area contributed by atoms with Gasteiger partial charge in [-0.2, -0.15) is 5.26 Å². The van der Waals surface area contributed by atoms with E-state index in [1.165, 1.54) is 83.1 Å². The maximum absolute atomic E-state index is 11.6. The molecule has 0 radical (unpaired) electrons. The lowest BCUT2D eigenvalue weighted by atomic mass is 9.82. The van der Waals surface area contributed by atoms with E-state index in [1.807, 2.05) is 18.2 Å². The van der Waals surface area contributed by atoms with Crippen molar-refractivity contribution in [1.29, 1.82) is 5.26 Å². The SMILES string of the molecule is CC1=CC(C)Cc2c1n(-c1cc(-n3c4c(C)cc(C)cc4c4cc(C)cc(C)c43)c(-c3nc(-c4ccccc4)nc(-c4cccc5c4-c4ccccc4C5(C)C)n3)cc1C#N)c1c(C)cc(C)cc21. The van der Waals surface area contributed by atoms with E-state index >= 15 is 0 Å². The molecule has 1 unspecified atom stereocenters. The molecule has 0 amide bonds. The maximum atomic E-state index is 11.6. The Kier molecular flexibility index (Phi) is 9.43. The number of rotatable bonds is 5. The zero-order valence-corrected chi connectivity index (χ0v) is 41.1. The Hall–Kier alpha value is -7.88. The van der Waals surface area contributed by atoms with Crippen molar-refractivity contribution in [3.05, 3.63) is 189 Å². The Morgan fingerprint density at radius 3 is 1.75 bits per heavy atom. The van der Waals surface area contributed by atoms with Crippen LogP contribution in [-0.4, -0.2) is 24.1 Å². The summed E-state index contributed by atoms with van der Waals surface area (Å²) in [5, 5.41) is 15.2. The molecule has 0 bridgehead atoms. The fourth-order valence-electron chi connectivity index (χ4n) is 12.4. The molecule has 0 fully saturated rings. The van der Waals surface area contributed by atoms with Gasteiger partial charge in [-0.1, -0.05) is 135 Å². The first-order chi connectivity index (χ1) is 33.2. The van der Waals surface area contributed by atoms with Crippen LogP contribution in [0.1, 0.15) is 89.0 Å². The van der Waals surface area contributed by atoms with Crippen LogP contribution < -0.4 is 0 Å². The molecule has 7 aromatic carbocycles. The van der Waals surface area contributed by atoms with Crippen LogP contribution in [-0.2, 0) is 11.8 Å². The van der Waals surface area contributed by atoms with Gasteiger partial charge in [-0.25, -0.2) is 15.0 Å². The number of benzene rings is 7. The van der Waals surface area contributed by atoms with Gasteiger partial charge in [0.15, 0.2) is 17.5 Å². The monoisotopic (exact) mass is 894 g/mol. The highest BCUT2D eigenvalue weighted by Crippen LogP contribution is 2.52. The minimum absolute atomic E-state index is 0.210. The van der Waals surface area contributed by atoms with Crippen molar-refractivity contribution >= 4 is 38.3 Å². The Balaban J connectivity index is 1.25. The van der Waals surface area contributed by atoms with Crippen LogP contribution in [0.5, 0.6) is 0 Å². The second-order valence-electron chi connectivity index (χ2n) is 20.5. The van der Waals surface area contributed by atoms with E-state index < -0.39 is 0 Å². The van der Waals surface area contributed by atoms with Crippen molar-refractivity contribution < 1.29 is 0 Å². The molecule has 0 aliphatic heterocycles. The lowest BCUT2D eigenvalue weighted by Gasteiger charge is -2.23. The fourth-order valence-corrected chi connectivity index (χ4v) is 12.4. The molecule has 69 heavy (non-hydrogen) atoms. The molecule has 336 valence electrons. The number of hydrogen-bond acceptors (Lipinski definition) is 4. The largest absolute Gasteiger partial charge is 0.308 e. The summed E-state index contributed by atoms with van der Waals surface area (Å²) in [7, 11) is 0. The first kappa shape index (κ1) is 42.5. The van der Waals surface area contributed by atoms with Crippen LogP contribution in [0.15, 0.2) is 127 Å². The maximum Gasteiger partial charge on any atom is 0.166 e. The summed E-state index contributed by atoms with van der Waals surface area (Å²) < 4.78 is 4.84. The summed E-state index contributed by atoms with van der Waals surface area (Å²) in [6.07, 6.45) is 3.32. The minimum Gasteiger partial charge on any atom is -0.308 e. The second kappa shape index (κ2) is 15.3. The summed E-state index contributed by atoms with van der Waals surface area (Å²) in [4.78, 5) is 16.4. The van der Waals surface area contributed by atoms with Gasteiger partial charge in [0.1, 0.15) is 6.07 Å². The van der Waals surface area contributed by atoms with E-state index in [1.54, 1.807) is 0 Å². The van der Waals surface area contributed by atoms with Gasteiger partial charge in [0.25, 0.3) is 0 Å². The molecule has 0 spiro atoms. The minimum atomic E-state index is -0.210. The highest BCUT2D eigenvalue weighted by atomic mass is 15.1. The third-order valence-electron chi connectivity index (χ3n) is 15.0. The lowest BCUT2D eigenvalue weighted by molar-refractivity contribution is 0.660. The summed E-state index contributed by atoms with van der Waals surface area (Å²) in [5.74, 6) is 2.05. The molecule has 0 N–H and O–H groups in total. The number of nitriles is 1. The molecule has 2 aliphatic rings. The van der Waals surface area contributed by atoms with Crippen LogP contribution in [0.25, 0.3) is 94.9 Å².